The van der Waals surface area contributed by atoms with Crippen LogP contribution < -0.4 is 0 Å². The first kappa shape index (κ1) is 14.3. The molecule has 1 heterocycles. The van der Waals surface area contributed by atoms with Crippen molar-refractivity contribution < 1.29 is 8.42 Å². The Labute approximate surface area is 111 Å². The van der Waals surface area contributed by atoms with Crippen LogP contribution in [0.2, 0.25) is 0 Å². The third kappa shape index (κ3) is 3.61. The first-order valence-corrected chi connectivity index (χ1v) is 8.33. The van der Waals surface area contributed by atoms with Crippen molar-refractivity contribution in [1.82, 2.24) is 4.90 Å². The maximum atomic E-state index is 11.3. The van der Waals surface area contributed by atoms with Gasteiger partial charge in [0.1, 0.15) is 4.32 Å². The van der Waals surface area contributed by atoms with Crippen molar-refractivity contribution in [3.05, 3.63) is 10.4 Å². The van der Waals surface area contributed by atoms with E-state index in [1.165, 1.54) is 11.8 Å². The lowest BCUT2D eigenvalue weighted by molar-refractivity contribution is 0.482. The average molecular weight is 300 g/mol. The van der Waals surface area contributed by atoms with Crippen molar-refractivity contribution >= 4 is 49.7 Å². The van der Waals surface area contributed by atoms with Crippen LogP contribution in [0.4, 0.5) is 0 Å². The minimum atomic E-state index is -3.12. The number of thioether (sulfide) groups is 1. The van der Waals surface area contributed by atoms with Crippen LogP contribution in [0.3, 0.4) is 0 Å². The summed E-state index contributed by atoms with van der Waals surface area (Å²) in [5, 5.41) is 1.27. The SMILES string of the molecule is CCN(CC)C(=S)S[C@H]1CS(=O)(=O)C=C1Cl. The van der Waals surface area contributed by atoms with Crippen molar-refractivity contribution in [1.29, 1.82) is 0 Å². The van der Waals surface area contributed by atoms with Crippen LogP contribution in [0.15, 0.2) is 10.4 Å². The Bertz CT molecular complexity index is 401. The van der Waals surface area contributed by atoms with Gasteiger partial charge in [-0.3, -0.25) is 0 Å². The Morgan fingerprint density at radius 3 is 2.56 bits per heavy atom. The third-order valence-electron chi connectivity index (χ3n) is 2.25. The lowest BCUT2D eigenvalue weighted by atomic mass is 10.5. The highest BCUT2D eigenvalue weighted by molar-refractivity contribution is 8.23. The second kappa shape index (κ2) is 5.71. The molecule has 0 aromatic heterocycles. The van der Waals surface area contributed by atoms with Gasteiger partial charge in [0.05, 0.1) is 11.0 Å². The highest BCUT2D eigenvalue weighted by Gasteiger charge is 2.30. The van der Waals surface area contributed by atoms with Gasteiger partial charge in [-0.25, -0.2) is 8.42 Å². The molecule has 0 fully saturated rings. The maximum absolute atomic E-state index is 11.3. The zero-order valence-electron chi connectivity index (χ0n) is 9.14. The second-order valence-electron chi connectivity index (χ2n) is 3.38. The number of thiocarbonyl (C=S) groups is 1. The van der Waals surface area contributed by atoms with E-state index in [2.05, 4.69) is 0 Å². The predicted molar refractivity (Wildman–Crippen MR) is 74.6 cm³/mol. The number of sulfone groups is 1. The van der Waals surface area contributed by atoms with Crippen LogP contribution in [0.1, 0.15) is 13.8 Å². The van der Waals surface area contributed by atoms with Gasteiger partial charge in [-0.2, -0.15) is 0 Å². The molecule has 0 saturated carbocycles. The van der Waals surface area contributed by atoms with E-state index in [4.69, 9.17) is 23.8 Å². The molecule has 1 aliphatic heterocycles. The molecular weight excluding hydrogens is 286 g/mol. The maximum Gasteiger partial charge on any atom is 0.174 e. The normalized spacial score (nSPS) is 22.9. The molecule has 3 nitrogen and oxygen atoms in total. The van der Waals surface area contributed by atoms with Crippen molar-refractivity contribution in [2.75, 3.05) is 18.8 Å². The van der Waals surface area contributed by atoms with E-state index in [9.17, 15) is 8.42 Å². The fourth-order valence-corrected chi connectivity index (χ4v) is 5.63. The molecule has 7 heteroatoms. The van der Waals surface area contributed by atoms with E-state index >= 15 is 0 Å². The third-order valence-corrected chi connectivity index (χ3v) is 6.21. The number of nitrogens with zero attached hydrogens (tertiary/aromatic N) is 1. The number of rotatable bonds is 3. The molecule has 0 unspecified atom stereocenters. The molecule has 0 aromatic rings. The summed E-state index contributed by atoms with van der Waals surface area (Å²) in [6.07, 6.45) is 0. The highest BCUT2D eigenvalue weighted by atomic mass is 35.5. The standard InChI is InChI=1S/C9H14ClNO2S3/c1-3-11(4-2)9(14)15-8-6-16(12,13)5-7(8)10/h5,8H,3-4,6H2,1-2H3/t8-/m0/s1. The van der Waals surface area contributed by atoms with Gasteiger partial charge in [-0.15, -0.1) is 0 Å². The van der Waals surface area contributed by atoms with Gasteiger partial charge in [0.25, 0.3) is 0 Å². The quantitative estimate of drug-likeness (QED) is 0.747. The fraction of sp³-hybridized carbons (Fsp3) is 0.667. The summed E-state index contributed by atoms with van der Waals surface area (Å²) in [5.41, 5.74) is 0. The number of halogens is 1. The fourth-order valence-electron chi connectivity index (χ4n) is 1.35. The molecule has 0 aliphatic carbocycles. The largest absolute Gasteiger partial charge is 0.358 e. The van der Waals surface area contributed by atoms with Gasteiger partial charge in [0.15, 0.2) is 9.84 Å². The van der Waals surface area contributed by atoms with Gasteiger partial charge in [-0.05, 0) is 13.8 Å². The molecular formula is C9H14ClNO2S3. The molecule has 0 spiro atoms. The van der Waals surface area contributed by atoms with E-state index in [-0.39, 0.29) is 11.0 Å². The van der Waals surface area contributed by atoms with Crippen molar-refractivity contribution in [3.63, 3.8) is 0 Å². The molecule has 16 heavy (non-hydrogen) atoms. The lowest BCUT2D eigenvalue weighted by Gasteiger charge is -2.22. The zero-order chi connectivity index (χ0) is 12.3. The predicted octanol–water partition coefficient (Wildman–Crippen LogP) is 2.22. The van der Waals surface area contributed by atoms with Crippen LogP contribution >= 0.6 is 35.6 Å². The summed E-state index contributed by atoms with van der Waals surface area (Å²) < 4.78 is 23.3. The Kier molecular flexibility index (Phi) is 5.10. The van der Waals surface area contributed by atoms with Gasteiger partial charge < -0.3 is 4.90 Å². The molecule has 92 valence electrons. The minimum Gasteiger partial charge on any atom is -0.358 e. The van der Waals surface area contributed by atoms with E-state index in [1.54, 1.807) is 0 Å². The van der Waals surface area contributed by atoms with E-state index in [0.717, 1.165) is 18.5 Å². The Balaban J connectivity index is 2.64. The van der Waals surface area contributed by atoms with Crippen LogP contribution in [-0.2, 0) is 9.84 Å². The van der Waals surface area contributed by atoms with Gasteiger partial charge in [0.2, 0.25) is 0 Å². The summed E-state index contributed by atoms with van der Waals surface area (Å²) in [7, 11) is -3.12. The molecule has 0 N–H and O–H groups in total. The lowest BCUT2D eigenvalue weighted by Crippen LogP contribution is -2.28. The molecule has 0 aromatic carbocycles. The summed E-state index contributed by atoms with van der Waals surface area (Å²) in [5.74, 6) is 0.0535. The molecule has 0 bridgehead atoms. The molecule has 0 amide bonds. The second-order valence-corrected chi connectivity index (χ2v) is 7.54. The summed E-state index contributed by atoms with van der Waals surface area (Å²) in [6, 6.07) is 0. The Morgan fingerprint density at radius 2 is 2.19 bits per heavy atom. The van der Waals surface area contributed by atoms with Gasteiger partial charge >= 0.3 is 0 Å². The van der Waals surface area contributed by atoms with Gasteiger partial charge in [-0.1, -0.05) is 35.6 Å². The molecule has 0 saturated heterocycles. The van der Waals surface area contributed by atoms with Crippen LogP contribution in [0.5, 0.6) is 0 Å². The smallest absolute Gasteiger partial charge is 0.174 e. The summed E-state index contributed by atoms with van der Waals surface area (Å²) in [4.78, 5) is 2.01. The van der Waals surface area contributed by atoms with Crippen molar-refractivity contribution in [2.45, 2.75) is 19.1 Å². The molecule has 1 aliphatic rings. The summed E-state index contributed by atoms with van der Waals surface area (Å²) >= 11 is 12.5. The first-order chi connectivity index (χ1) is 7.39. The van der Waals surface area contributed by atoms with Crippen LogP contribution in [-0.4, -0.2) is 41.7 Å². The molecule has 0 radical (unpaired) electrons. The highest BCUT2D eigenvalue weighted by Crippen LogP contribution is 2.32. The summed E-state index contributed by atoms with van der Waals surface area (Å²) in [6.45, 7) is 5.67. The Hall–Kier alpha value is 0.220. The first-order valence-electron chi connectivity index (χ1n) is 4.95. The topological polar surface area (TPSA) is 37.4 Å². The van der Waals surface area contributed by atoms with E-state index < -0.39 is 9.84 Å². The van der Waals surface area contributed by atoms with Gasteiger partial charge in [0, 0.05) is 23.5 Å². The Morgan fingerprint density at radius 1 is 1.62 bits per heavy atom. The molecule has 1 rings (SSSR count). The zero-order valence-corrected chi connectivity index (χ0v) is 12.3. The minimum absolute atomic E-state index is 0.0535. The average Bonchev–Trinajstić information content (AvgIpc) is 2.41. The monoisotopic (exact) mass is 299 g/mol. The van der Waals surface area contributed by atoms with E-state index in [1.807, 2.05) is 18.7 Å². The van der Waals surface area contributed by atoms with E-state index in [0.29, 0.717) is 9.35 Å². The van der Waals surface area contributed by atoms with Crippen LogP contribution in [0, 0.1) is 0 Å². The molecule has 1 atom stereocenters. The van der Waals surface area contributed by atoms with Crippen LogP contribution in [0.25, 0.3) is 0 Å². The van der Waals surface area contributed by atoms with Crippen molar-refractivity contribution in [2.24, 2.45) is 0 Å². The van der Waals surface area contributed by atoms with Crippen molar-refractivity contribution in [3.8, 4) is 0 Å². The number of hydrogen-bond donors (Lipinski definition) is 0. The number of hydrogen-bond acceptors (Lipinski definition) is 4.